The third-order valence-electron chi connectivity index (χ3n) is 3.12. The molecular weight excluding hydrogens is 214 g/mol. The van der Waals surface area contributed by atoms with Crippen LogP contribution in [0.4, 0.5) is 0 Å². The Labute approximate surface area is 103 Å². The van der Waals surface area contributed by atoms with Crippen LogP contribution in [-0.4, -0.2) is 23.8 Å². The number of hydrogen-bond donors (Lipinski definition) is 2. The van der Waals surface area contributed by atoms with Gasteiger partial charge >= 0.3 is 0 Å². The molecule has 1 heterocycles. The minimum Gasteiger partial charge on any atom is -0.349 e. The molecule has 0 aromatic carbocycles. The van der Waals surface area contributed by atoms with Crippen LogP contribution in [0.2, 0.25) is 0 Å². The molecule has 0 spiro atoms. The number of carbonyl (C=O) groups excluding carboxylic acids is 1. The maximum absolute atomic E-state index is 12.1. The molecule has 0 radical (unpaired) electrons. The number of dihydropyridines is 1. The molecule has 0 aromatic heterocycles. The SMILES string of the molecule is CC1=NC(N)CC(C(=O)NC(C)C(C)(C)C)=C1. The first kappa shape index (κ1) is 13.9. The monoisotopic (exact) mass is 237 g/mol. The maximum atomic E-state index is 12.1. The highest BCUT2D eigenvalue weighted by molar-refractivity contribution is 6.04. The van der Waals surface area contributed by atoms with Gasteiger partial charge in [-0.25, -0.2) is 0 Å². The fraction of sp³-hybridized carbons (Fsp3) is 0.692. The molecule has 2 unspecified atom stereocenters. The third-order valence-corrected chi connectivity index (χ3v) is 3.12. The van der Waals surface area contributed by atoms with Gasteiger partial charge in [0.05, 0.1) is 0 Å². The lowest BCUT2D eigenvalue weighted by atomic mass is 9.88. The van der Waals surface area contributed by atoms with Gasteiger partial charge in [0, 0.05) is 23.7 Å². The molecule has 0 saturated heterocycles. The Bertz CT molecular complexity index is 363. The number of nitrogens with one attached hydrogen (secondary N) is 1. The summed E-state index contributed by atoms with van der Waals surface area (Å²) in [7, 11) is 0. The summed E-state index contributed by atoms with van der Waals surface area (Å²) < 4.78 is 0. The topological polar surface area (TPSA) is 67.5 Å². The summed E-state index contributed by atoms with van der Waals surface area (Å²) in [5.41, 5.74) is 7.35. The number of carbonyl (C=O) groups is 1. The van der Waals surface area contributed by atoms with Gasteiger partial charge in [-0.1, -0.05) is 20.8 Å². The Morgan fingerprint density at radius 2 is 2.18 bits per heavy atom. The third kappa shape index (κ3) is 3.97. The summed E-state index contributed by atoms with van der Waals surface area (Å²) in [4.78, 5) is 16.2. The Morgan fingerprint density at radius 3 is 2.65 bits per heavy atom. The highest BCUT2D eigenvalue weighted by Crippen LogP contribution is 2.20. The highest BCUT2D eigenvalue weighted by atomic mass is 16.1. The smallest absolute Gasteiger partial charge is 0.247 e. The summed E-state index contributed by atoms with van der Waals surface area (Å²) in [6.45, 7) is 10.2. The molecule has 4 nitrogen and oxygen atoms in total. The van der Waals surface area contributed by atoms with Gasteiger partial charge in [0.2, 0.25) is 5.91 Å². The normalized spacial score (nSPS) is 22.6. The average Bonchev–Trinajstić information content (AvgIpc) is 2.14. The highest BCUT2D eigenvalue weighted by Gasteiger charge is 2.24. The van der Waals surface area contributed by atoms with Crippen LogP contribution in [0, 0.1) is 5.41 Å². The molecule has 96 valence electrons. The lowest BCUT2D eigenvalue weighted by molar-refractivity contribution is -0.119. The van der Waals surface area contributed by atoms with Crippen molar-refractivity contribution in [2.24, 2.45) is 16.1 Å². The van der Waals surface area contributed by atoms with Crippen LogP contribution in [0.3, 0.4) is 0 Å². The minimum atomic E-state index is -0.286. The molecule has 0 saturated carbocycles. The molecule has 0 aromatic rings. The van der Waals surface area contributed by atoms with E-state index in [0.717, 1.165) is 11.3 Å². The van der Waals surface area contributed by atoms with Crippen LogP contribution in [0.5, 0.6) is 0 Å². The summed E-state index contributed by atoms with van der Waals surface area (Å²) in [6.07, 6.45) is 2.04. The second-order valence-corrected chi connectivity index (χ2v) is 5.77. The number of allylic oxidation sites excluding steroid dienone is 1. The van der Waals surface area contributed by atoms with Gasteiger partial charge < -0.3 is 11.1 Å². The second kappa shape index (κ2) is 5.00. The molecule has 4 heteroatoms. The lowest BCUT2D eigenvalue weighted by Crippen LogP contribution is -2.43. The first-order valence-corrected chi connectivity index (χ1v) is 6.01. The molecular formula is C13H23N3O. The van der Waals surface area contributed by atoms with Crippen molar-refractivity contribution in [3.8, 4) is 0 Å². The predicted octanol–water partition coefficient (Wildman–Crippen LogP) is 1.61. The fourth-order valence-electron chi connectivity index (χ4n) is 1.54. The fourth-order valence-corrected chi connectivity index (χ4v) is 1.54. The largest absolute Gasteiger partial charge is 0.349 e. The van der Waals surface area contributed by atoms with Crippen molar-refractivity contribution >= 4 is 11.6 Å². The van der Waals surface area contributed by atoms with E-state index in [9.17, 15) is 4.79 Å². The number of hydrogen-bond acceptors (Lipinski definition) is 3. The van der Waals surface area contributed by atoms with Gasteiger partial charge in [0.1, 0.15) is 6.17 Å². The van der Waals surface area contributed by atoms with E-state index in [4.69, 9.17) is 5.73 Å². The van der Waals surface area contributed by atoms with Crippen LogP contribution >= 0.6 is 0 Å². The molecule has 17 heavy (non-hydrogen) atoms. The predicted molar refractivity (Wildman–Crippen MR) is 70.8 cm³/mol. The van der Waals surface area contributed by atoms with Crippen LogP contribution in [0.1, 0.15) is 41.0 Å². The molecule has 0 aliphatic carbocycles. The van der Waals surface area contributed by atoms with E-state index >= 15 is 0 Å². The van der Waals surface area contributed by atoms with Crippen LogP contribution in [0.15, 0.2) is 16.6 Å². The maximum Gasteiger partial charge on any atom is 0.247 e. The van der Waals surface area contributed by atoms with E-state index in [1.54, 1.807) is 0 Å². The summed E-state index contributed by atoms with van der Waals surface area (Å²) >= 11 is 0. The van der Waals surface area contributed by atoms with E-state index < -0.39 is 0 Å². The lowest BCUT2D eigenvalue weighted by Gasteiger charge is -2.29. The van der Waals surface area contributed by atoms with Crippen molar-refractivity contribution in [3.63, 3.8) is 0 Å². The first-order valence-electron chi connectivity index (χ1n) is 6.01. The van der Waals surface area contributed by atoms with Crippen molar-refractivity contribution in [2.45, 2.75) is 53.2 Å². The van der Waals surface area contributed by atoms with E-state index in [-0.39, 0.29) is 23.5 Å². The Kier molecular flexibility index (Phi) is 4.09. The van der Waals surface area contributed by atoms with E-state index in [1.807, 2.05) is 19.9 Å². The van der Waals surface area contributed by atoms with Crippen LogP contribution in [0.25, 0.3) is 0 Å². The molecule has 1 aliphatic rings. The average molecular weight is 237 g/mol. The Hall–Kier alpha value is -1.16. The molecule has 3 N–H and O–H groups in total. The number of aliphatic imine (C=N–C) groups is 1. The standard InChI is InChI=1S/C13H23N3O/c1-8-6-10(7-11(14)15-8)12(17)16-9(2)13(3,4)5/h6,9,11H,7,14H2,1-5H3,(H,16,17). The summed E-state index contributed by atoms with van der Waals surface area (Å²) in [5, 5.41) is 3.01. The van der Waals surface area contributed by atoms with Gasteiger partial charge in [0.25, 0.3) is 0 Å². The number of amides is 1. The number of nitrogens with zero attached hydrogens (tertiary/aromatic N) is 1. The van der Waals surface area contributed by atoms with Crippen molar-refractivity contribution in [1.82, 2.24) is 5.32 Å². The van der Waals surface area contributed by atoms with Gasteiger partial charge in [-0.2, -0.15) is 0 Å². The van der Waals surface area contributed by atoms with Gasteiger partial charge in [0.15, 0.2) is 0 Å². The van der Waals surface area contributed by atoms with Gasteiger partial charge in [-0.05, 0) is 25.3 Å². The summed E-state index contributed by atoms with van der Waals surface area (Å²) in [6, 6.07) is 0.117. The first-order chi connectivity index (χ1) is 7.70. The molecule has 0 fully saturated rings. The minimum absolute atomic E-state index is 0.0304. The zero-order valence-corrected chi connectivity index (χ0v) is 11.4. The molecule has 2 atom stereocenters. The van der Waals surface area contributed by atoms with E-state index in [2.05, 4.69) is 31.1 Å². The molecule has 1 aliphatic heterocycles. The van der Waals surface area contributed by atoms with Crippen molar-refractivity contribution in [2.75, 3.05) is 0 Å². The quantitative estimate of drug-likeness (QED) is 0.766. The summed E-state index contributed by atoms with van der Waals surface area (Å²) in [5.74, 6) is -0.0304. The van der Waals surface area contributed by atoms with Gasteiger partial charge in [-0.3, -0.25) is 9.79 Å². The number of nitrogens with two attached hydrogens (primary N) is 1. The zero-order valence-electron chi connectivity index (χ0n) is 11.4. The Morgan fingerprint density at radius 1 is 1.59 bits per heavy atom. The molecule has 1 amide bonds. The van der Waals surface area contributed by atoms with Crippen molar-refractivity contribution < 1.29 is 4.79 Å². The second-order valence-electron chi connectivity index (χ2n) is 5.77. The zero-order chi connectivity index (χ0) is 13.2. The van der Waals surface area contributed by atoms with Crippen molar-refractivity contribution in [1.29, 1.82) is 0 Å². The van der Waals surface area contributed by atoms with Gasteiger partial charge in [-0.15, -0.1) is 0 Å². The molecule has 1 rings (SSSR count). The number of rotatable bonds is 2. The Balaban J connectivity index is 2.69. The van der Waals surface area contributed by atoms with E-state index in [1.165, 1.54) is 0 Å². The van der Waals surface area contributed by atoms with E-state index in [0.29, 0.717) is 6.42 Å². The molecule has 0 bridgehead atoms. The van der Waals surface area contributed by atoms with Crippen LogP contribution < -0.4 is 11.1 Å². The van der Waals surface area contributed by atoms with Crippen molar-refractivity contribution in [3.05, 3.63) is 11.6 Å². The van der Waals surface area contributed by atoms with Crippen LogP contribution in [-0.2, 0) is 4.79 Å².